The maximum Gasteiger partial charge on any atom is 0.270 e. The summed E-state index contributed by atoms with van der Waals surface area (Å²) in [4.78, 5) is 31.1. The van der Waals surface area contributed by atoms with Crippen LogP contribution in [-0.2, 0) is 11.3 Å². The highest BCUT2D eigenvalue weighted by molar-refractivity contribution is 8.26. The van der Waals surface area contributed by atoms with Gasteiger partial charge in [0.25, 0.3) is 11.5 Å². The van der Waals surface area contributed by atoms with Gasteiger partial charge in [-0.2, -0.15) is 5.26 Å². The van der Waals surface area contributed by atoms with Gasteiger partial charge in [-0.15, -0.1) is 0 Å². The summed E-state index contributed by atoms with van der Waals surface area (Å²) in [5.74, 6) is 0.781. The number of nitrogens with zero attached hydrogens (tertiary/aromatic N) is 4. The average molecular weight is 515 g/mol. The highest BCUT2D eigenvalue weighted by Gasteiger charge is 2.33. The molecule has 0 unspecified atom stereocenters. The van der Waals surface area contributed by atoms with Crippen molar-refractivity contribution < 1.29 is 4.79 Å². The third-order valence-electron chi connectivity index (χ3n) is 6.87. The van der Waals surface area contributed by atoms with Gasteiger partial charge >= 0.3 is 0 Å². The Morgan fingerprint density at radius 2 is 1.66 bits per heavy atom. The first-order valence-corrected chi connectivity index (χ1v) is 14.3. The van der Waals surface area contributed by atoms with Crippen molar-refractivity contribution in [2.75, 3.05) is 24.5 Å². The number of carbonyl (C=O) groups excluding carboxylic acids is 1. The molecule has 2 aliphatic rings. The number of aromatic nitrogens is 1. The smallest absolute Gasteiger partial charge is 0.270 e. The molecule has 190 valence electrons. The number of amides is 1. The number of carbonyl (C=O) groups is 1. The molecule has 1 aromatic heterocycles. The second-order valence-electron chi connectivity index (χ2n) is 9.45. The zero-order valence-electron chi connectivity index (χ0n) is 21.4. The lowest BCUT2D eigenvalue weighted by Gasteiger charge is -2.27. The van der Waals surface area contributed by atoms with Gasteiger partial charge in [-0.3, -0.25) is 19.1 Å². The lowest BCUT2D eigenvalue weighted by atomic mass is 10.0. The minimum atomic E-state index is -0.229. The van der Waals surface area contributed by atoms with E-state index in [9.17, 15) is 14.9 Å². The fourth-order valence-electron chi connectivity index (χ4n) is 4.81. The molecule has 8 heteroatoms. The van der Waals surface area contributed by atoms with Gasteiger partial charge < -0.3 is 4.90 Å². The van der Waals surface area contributed by atoms with E-state index in [0.717, 1.165) is 63.0 Å². The van der Waals surface area contributed by atoms with Gasteiger partial charge in [-0.1, -0.05) is 76.4 Å². The summed E-state index contributed by atoms with van der Waals surface area (Å²) < 4.78 is 2.36. The maximum absolute atomic E-state index is 13.3. The molecule has 1 aromatic rings. The van der Waals surface area contributed by atoms with Crippen molar-refractivity contribution in [2.24, 2.45) is 0 Å². The number of rotatable bonds is 12. The van der Waals surface area contributed by atoms with E-state index in [1.54, 1.807) is 9.47 Å². The lowest BCUT2D eigenvalue weighted by Crippen LogP contribution is -2.33. The number of thioether (sulfide) groups is 1. The van der Waals surface area contributed by atoms with Crippen molar-refractivity contribution in [3.05, 3.63) is 31.9 Å². The van der Waals surface area contributed by atoms with Crippen molar-refractivity contribution >= 4 is 46.1 Å². The minimum Gasteiger partial charge on any atom is -0.357 e. The first kappa shape index (κ1) is 27.5. The van der Waals surface area contributed by atoms with Crippen LogP contribution >= 0.6 is 24.0 Å². The molecule has 0 atom stereocenters. The molecule has 2 saturated heterocycles. The van der Waals surface area contributed by atoms with Crippen LogP contribution in [0.3, 0.4) is 0 Å². The van der Waals surface area contributed by atoms with E-state index in [1.165, 1.54) is 37.4 Å². The standard InChI is InChI=1S/C27H38N4O2S2/c1-4-6-8-9-10-11-17-31-26(33)23(35-27(31)34)18-21-20(3)22(19-28)25(32)30(16-7-5-2)24(21)29-14-12-13-15-29/h18H,4-17H2,1-3H3/b23-18-. The molecule has 1 amide bonds. The van der Waals surface area contributed by atoms with Gasteiger partial charge in [0.1, 0.15) is 21.8 Å². The second-order valence-corrected chi connectivity index (χ2v) is 11.1. The molecule has 3 heterocycles. The number of anilines is 1. The molecule has 0 radical (unpaired) electrons. The van der Waals surface area contributed by atoms with Crippen molar-refractivity contribution in [3.63, 3.8) is 0 Å². The van der Waals surface area contributed by atoms with Crippen molar-refractivity contribution in [2.45, 2.75) is 91.5 Å². The number of nitriles is 1. The molecule has 0 N–H and O–H groups in total. The molecule has 35 heavy (non-hydrogen) atoms. The van der Waals surface area contributed by atoms with E-state index < -0.39 is 0 Å². The van der Waals surface area contributed by atoms with E-state index >= 15 is 0 Å². The van der Waals surface area contributed by atoms with Crippen LogP contribution in [0.25, 0.3) is 6.08 Å². The summed E-state index contributed by atoms with van der Waals surface area (Å²) in [5, 5.41) is 9.80. The minimum absolute atomic E-state index is 0.0647. The number of unbranched alkanes of at least 4 members (excludes halogenated alkanes) is 6. The first-order valence-electron chi connectivity index (χ1n) is 13.1. The van der Waals surface area contributed by atoms with Crippen molar-refractivity contribution in [1.82, 2.24) is 9.47 Å². The average Bonchev–Trinajstić information content (AvgIpc) is 3.46. The number of pyridine rings is 1. The van der Waals surface area contributed by atoms with Crippen molar-refractivity contribution in [3.8, 4) is 6.07 Å². The van der Waals surface area contributed by atoms with Gasteiger partial charge in [0.15, 0.2) is 0 Å². The van der Waals surface area contributed by atoms with E-state index in [0.29, 0.717) is 27.9 Å². The van der Waals surface area contributed by atoms with Crippen LogP contribution in [0.15, 0.2) is 9.70 Å². The Morgan fingerprint density at radius 1 is 1.00 bits per heavy atom. The Bertz CT molecular complexity index is 1060. The third kappa shape index (κ3) is 6.37. The number of thiocarbonyl (C=S) groups is 1. The van der Waals surface area contributed by atoms with Gasteiger partial charge in [-0.05, 0) is 44.2 Å². The monoisotopic (exact) mass is 514 g/mol. The Morgan fingerprint density at radius 3 is 2.31 bits per heavy atom. The summed E-state index contributed by atoms with van der Waals surface area (Å²) in [6.07, 6.45) is 12.8. The fraction of sp³-hybridized carbons (Fsp3) is 0.630. The molecule has 6 nitrogen and oxygen atoms in total. The van der Waals surface area contributed by atoms with E-state index in [2.05, 4.69) is 24.8 Å². The van der Waals surface area contributed by atoms with Crippen molar-refractivity contribution in [1.29, 1.82) is 5.26 Å². The SMILES string of the molecule is CCCCCCCCN1C(=O)/C(=C/c2c(C)c(C#N)c(=O)n(CCCC)c2N2CCCC2)SC1=S. The van der Waals surface area contributed by atoms with Crippen LogP contribution in [0, 0.1) is 18.3 Å². The molecular weight excluding hydrogens is 476 g/mol. The van der Waals surface area contributed by atoms with E-state index in [1.807, 2.05) is 13.0 Å². The normalized spacial score (nSPS) is 17.1. The quantitative estimate of drug-likeness (QED) is 0.194. The summed E-state index contributed by atoms with van der Waals surface area (Å²) >= 11 is 6.90. The Balaban J connectivity index is 1.95. The lowest BCUT2D eigenvalue weighted by molar-refractivity contribution is -0.122. The Labute approximate surface area is 219 Å². The summed E-state index contributed by atoms with van der Waals surface area (Å²) in [5.41, 5.74) is 1.39. The van der Waals surface area contributed by atoms with E-state index in [-0.39, 0.29) is 17.0 Å². The summed E-state index contributed by atoms with van der Waals surface area (Å²) in [6, 6.07) is 2.13. The van der Waals surface area contributed by atoms with Crippen LogP contribution in [-0.4, -0.2) is 39.3 Å². The summed E-state index contributed by atoms with van der Waals surface area (Å²) in [6.45, 7) is 9.08. The maximum atomic E-state index is 13.3. The molecule has 0 spiro atoms. The Kier molecular flexibility index (Phi) is 10.4. The van der Waals surface area contributed by atoms with Crippen LogP contribution in [0.1, 0.15) is 94.7 Å². The molecule has 2 fully saturated rings. The van der Waals surface area contributed by atoms with Gasteiger partial charge in [-0.25, -0.2) is 0 Å². The fourth-order valence-corrected chi connectivity index (χ4v) is 6.10. The highest BCUT2D eigenvalue weighted by atomic mass is 32.2. The molecule has 3 rings (SSSR count). The number of hydrogen-bond acceptors (Lipinski definition) is 6. The highest BCUT2D eigenvalue weighted by Crippen LogP contribution is 2.36. The zero-order chi connectivity index (χ0) is 25.4. The first-order chi connectivity index (χ1) is 16.9. The predicted molar refractivity (Wildman–Crippen MR) is 150 cm³/mol. The molecule has 0 aliphatic carbocycles. The molecule has 0 saturated carbocycles. The number of hydrogen-bond donors (Lipinski definition) is 0. The van der Waals surface area contributed by atoms with E-state index in [4.69, 9.17) is 12.2 Å². The van der Waals surface area contributed by atoms with Gasteiger partial charge in [0, 0.05) is 31.7 Å². The topological polar surface area (TPSA) is 69.3 Å². The molecular formula is C27H38N4O2S2. The van der Waals surface area contributed by atoms with Crippen LogP contribution < -0.4 is 10.5 Å². The van der Waals surface area contributed by atoms with Crippen LogP contribution in [0.2, 0.25) is 0 Å². The van der Waals surface area contributed by atoms with Crippen LogP contribution in [0.4, 0.5) is 5.82 Å². The predicted octanol–water partition coefficient (Wildman–Crippen LogP) is 5.99. The largest absolute Gasteiger partial charge is 0.357 e. The van der Waals surface area contributed by atoms with Gasteiger partial charge in [0.05, 0.1) is 4.91 Å². The third-order valence-corrected chi connectivity index (χ3v) is 8.25. The second kappa shape index (κ2) is 13.3. The van der Waals surface area contributed by atoms with Gasteiger partial charge in [0.2, 0.25) is 0 Å². The molecule has 0 bridgehead atoms. The zero-order valence-corrected chi connectivity index (χ0v) is 23.0. The molecule has 0 aromatic carbocycles. The Hall–Kier alpha value is -2.11. The molecule has 2 aliphatic heterocycles. The summed E-state index contributed by atoms with van der Waals surface area (Å²) in [7, 11) is 0. The van der Waals surface area contributed by atoms with Crippen LogP contribution in [0.5, 0.6) is 0 Å².